The fourth-order valence-electron chi connectivity index (χ4n) is 1.36. The van der Waals surface area contributed by atoms with Crippen LogP contribution in [0, 0.1) is 6.92 Å². The zero-order chi connectivity index (χ0) is 12.3. The lowest BCUT2D eigenvalue weighted by atomic mass is 9.91. The van der Waals surface area contributed by atoms with E-state index < -0.39 is 24.1 Å². The van der Waals surface area contributed by atoms with E-state index >= 15 is 0 Å². The van der Waals surface area contributed by atoms with Crippen LogP contribution in [-0.2, 0) is 15.3 Å². The maximum Gasteiger partial charge on any atom is 0.354 e. The third-order valence-electron chi connectivity index (χ3n) is 2.22. The molecule has 1 rings (SSSR count). The summed E-state index contributed by atoms with van der Waals surface area (Å²) in [6.45, 7) is -0.0393. The van der Waals surface area contributed by atoms with Crippen LogP contribution in [0.15, 0.2) is 24.3 Å². The van der Waals surface area contributed by atoms with Crippen molar-refractivity contribution in [1.29, 1.82) is 0 Å². The van der Waals surface area contributed by atoms with Crippen LogP contribution in [0.5, 0.6) is 0 Å². The first-order valence-electron chi connectivity index (χ1n) is 4.51. The minimum atomic E-state index is -3.30. The third-order valence-corrected chi connectivity index (χ3v) is 2.22. The van der Waals surface area contributed by atoms with E-state index in [4.69, 9.17) is 5.11 Å². The number of carbonyl (C=O) groups excluding carboxylic acids is 1. The number of carboxylic acids is 1. The maximum atomic E-state index is 14.0. The molecule has 1 aromatic carbocycles. The number of carboxylic acid groups (broad SMARTS) is 1. The van der Waals surface area contributed by atoms with Crippen LogP contribution in [0.1, 0.15) is 11.1 Å². The second-order valence-electron chi connectivity index (χ2n) is 3.39. The minimum absolute atomic E-state index is 0.359. The van der Waals surface area contributed by atoms with Crippen LogP contribution in [-0.4, -0.2) is 23.5 Å². The predicted octanol–water partition coefficient (Wildman–Crippen LogP) is 1.78. The highest BCUT2D eigenvalue weighted by atomic mass is 19.1. The SMILES string of the molecule is Cc1cccc(C(F)(C(=O)O)C(=O)CF)c1. The van der Waals surface area contributed by atoms with E-state index in [1.54, 1.807) is 13.0 Å². The second kappa shape index (κ2) is 4.38. The lowest BCUT2D eigenvalue weighted by molar-refractivity contribution is -0.158. The number of carbonyl (C=O) groups is 2. The number of hydrogen-bond donors (Lipinski definition) is 1. The Kier molecular flexibility index (Phi) is 3.37. The summed E-state index contributed by atoms with van der Waals surface area (Å²) in [6.07, 6.45) is 0. The summed E-state index contributed by atoms with van der Waals surface area (Å²) in [6, 6.07) is 5.38. The first-order valence-corrected chi connectivity index (χ1v) is 4.51. The van der Waals surface area contributed by atoms with Crippen LogP contribution in [0.4, 0.5) is 8.78 Å². The number of benzene rings is 1. The second-order valence-corrected chi connectivity index (χ2v) is 3.39. The minimum Gasteiger partial charge on any atom is -0.478 e. The van der Waals surface area contributed by atoms with Gasteiger partial charge in [0.25, 0.3) is 5.67 Å². The molecule has 1 unspecified atom stereocenters. The van der Waals surface area contributed by atoms with Crippen molar-refractivity contribution < 1.29 is 23.5 Å². The Morgan fingerprint density at radius 3 is 2.50 bits per heavy atom. The average Bonchev–Trinajstić information content (AvgIpc) is 2.26. The van der Waals surface area contributed by atoms with Crippen molar-refractivity contribution in [2.75, 3.05) is 6.67 Å². The summed E-state index contributed by atoms with van der Waals surface area (Å²) in [5, 5.41) is 8.72. The van der Waals surface area contributed by atoms with Crippen molar-refractivity contribution >= 4 is 11.8 Å². The molecule has 1 N–H and O–H groups in total. The highest BCUT2D eigenvalue weighted by molar-refractivity contribution is 6.07. The van der Waals surface area contributed by atoms with Gasteiger partial charge in [-0.15, -0.1) is 0 Å². The maximum absolute atomic E-state index is 14.0. The Morgan fingerprint density at radius 2 is 2.06 bits per heavy atom. The lowest BCUT2D eigenvalue weighted by Gasteiger charge is -2.18. The number of aryl methyl sites for hydroxylation is 1. The first kappa shape index (κ1) is 12.3. The Balaban J connectivity index is 3.33. The van der Waals surface area contributed by atoms with E-state index in [-0.39, 0.29) is 5.56 Å². The standard InChI is InChI=1S/C11H10F2O3/c1-7-3-2-4-8(5-7)11(13,10(15)16)9(14)6-12/h2-5H,6H2,1H3,(H,15,16). The fourth-order valence-corrected chi connectivity index (χ4v) is 1.36. The zero-order valence-electron chi connectivity index (χ0n) is 8.54. The molecule has 5 heteroatoms. The van der Waals surface area contributed by atoms with Gasteiger partial charge in [-0.05, 0) is 6.92 Å². The summed E-state index contributed by atoms with van der Waals surface area (Å²) in [4.78, 5) is 21.8. The Bertz CT molecular complexity index is 431. The van der Waals surface area contributed by atoms with Gasteiger partial charge in [0.2, 0.25) is 5.78 Å². The molecule has 0 spiro atoms. The lowest BCUT2D eigenvalue weighted by Crippen LogP contribution is -2.40. The smallest absolute Gasteiger partial charge is 0.354 e. The van der Waals surface area contributed by atoms with Crippen LogP contribution in [0.25, 0.3) is 0 Å². The molecule has 0 aromatic heterocycles. The van der Waals surface area contributed by atoms with Gasteiger partial charge in [-0.2, -0.15) is 0 Å². The van der Waals surface area contributed by atoms with Gasteiger partial charge in [-0.1, -0.05) is 29.8 Å². The summed E-state index contributed by atoms with van der Waals surface area (Å²) >= 11 is 0. The van der Waals surface area contributed by atoms with Gasteiger partial charge in [-0.3, -0.25) is 4.79 Å². The molecule has 0 aliphatic carbocycles. The molecule has 0 aliphatic rings. The van der Waals surface area contributed by atoms with Crippen LogP contribution >= 0.6 is 0 Å². The van der Waals surface area contributed by atoms with Crippen molar-refractivity contribution in [1.82, 2.24) is 0 Å². The third kappa shape index (κ3) is 1.93. The van der Waals surface area contributed by atoms with Crippen molar-refractivity contribution in [2.24, 2.45) is 0 Å². The molecule has 0 heterocycles. The molecule has 0 bridgehead atoms. The highest BCUT2D eigenvalue weighted by Crippen LogP contribution is 2.28. The van der Waals surface area contributed by atoms with Crippen LogP contribution in [0.3, 0.4) is 0 Å². The number of alkyl halides is 2. The summed E-state index contributed by atoms with van der Waals surface area (Å²) in [5.74, 6) is -3.61. The molecule has 0 aliphatic heterocycles. The highest BCUT2D eigenvalue weighted by Gasteiger charge is 2.48. The summed E-state index contributed by atoms with van der Waals surface area (Å²) in [5.41, 5.74) is -3.07. The summed E-state index contributed by atoms with van der Waals surface area (Å²) < 4.78 is 26.2. The molecule has 1 aromatic rings. The molecular weight excluding hydrogens is 218 g/mol. The van der Waals surface area contributed by atoms with Crippen molar-refractivity contribution in [3.63, 3.8) is 0 Å². The van der Waals surface area contributed by atoms with Gasteiger partial charge >= 0.3 is 5.97 Å². The van der Waals surface area contributed by atoms with Crippen LogP contribution in [0.2, 0.25) is 0 Å². The monoisotopic (exact) mass is 228 g/mol. The molecule has 1 atom stereocenters. The molecule has 3 nitrogen and oxygen atoms in total. The fraction of sp³-hybridized carbons (Fsp3) is 0.273. The van der Waals surface area contributed by atoms with Gasteiger partial charge in [0.15, 0.2) is 6.67 Å². The zero-order valence-corrected chi connectivity index (χ0v) is 8.54. The van der Waals surface area contributed by atoms with E-state index in [0.29, 0.717) is 5.56 Å². The number of rotatable bonds is 4. The average molecular weight is 228 g/mol. The Morgan fingerprint density at radius 1 is 1.44 bits per heavy atom. The number of Topliss-reactive ketones (excluding diaryl/α,β-unsaturated/α-hetero) is 1. The van der Waals surface area contributed by atoms with Crippen molar-refractivity contribution in [3.05, 3.63) is 35.4 Å². The molecule has 0 saturated heterocycles. The molecular formula is C11H10F2O3. The Labute approximate surface area is 90.7 Å². The van der Waals surface area contributed by atoms with Gasteiger partial charge in [0.05, 0.1) is 0 Å². The molecule has 0 fully saturated rings. The summed E-state index contributed by atoms with van der Waals surface area (Å²) in [7, 11) is 0. The predicted molar refractivity (Wildman–Crippen MR) is 52.6 cm³/mol. The molecule has 0 saturated carbocycles. The van der Waals surface area contributed by atoms with E-state index in [2.05, 4.69) is 0 Å². The molecule has 86 valence electrons. The van der Waals surface area contributed by atoms with Crippen molar-refractivity contribution in [3.8, 4) is 0 Å². The van der Waals surface area contributed by atoms with E-state index in [1.165, 1.54) is 12.1 Å². The first-order chi connectivity index (χ1) is 7.42. The number of aliphatic carboxylic acids is 1. The van der Waals surface area contributed by atoms with E-state index in [0.717, 1.165) is 6.07 Å². The van der Waals surface area contributed by atoms with Gasteiger partial charge in [0, 0.05) is 5.56 Å². The quantitative estimate of drug-likeness (QED) is 0.799. The van der Waals surface area contributed by atoms with Crippen LogP contribution < -0.4 is 0 Å². The van der Waals surface area contributed by atoms with E-state index in [1.807, 2.05) is 0 Å². The normalized spacial score (nSPS) is 14.2. The van der Waals surface area contributed by atoms with Gasteiger partial charge in [-0.25, -0.2) is 13.6 Å². The van der Waals surface area contributed by atoms with E-state index in [9.17, 15) is 18.4 Å². The molecule has 0 radical (unpaired) electrons. The van der Waals surface area contributed by atoms with Gasteiger partial charge < -0.3 is 5.11 Å². The topological polar surface area (TPSA) is 54.4 Å². The molecule has 0 amide bonds. The molecule has 16 heavy (non-hydrogen) atoms. The van der Waals surface area contributed by atoms with Crippen molar-refractivity contribution in [2.45, 2.75) is 12.6 Å². The largest absolute Gasteiger partial charge is 0.478 e. The Hall–Kier alpha value is -1.78. The number of ketones is 1. The number of halogens is 2. The number of hydrogen-bond acceptors (Lipinski definition) is 2. The van der Waals surface area contributed by atoms with Gasteiger partial charge in [0.1, 0.15) is 0 Å².